The molecule has 2 aromatic heterocycles. The predicted molar refractivity (Wildman–Crippen MR) is 108 cm³/mol. The fourth-order valence-electron chi connectivity index (χ4n) is 3.16. The van der Waals surface area contributed by atoms with Gasteiger partial charge in [-0.15, -0.1) is 0 Å². The summed E-state index contributed by atoms with van der Waals surface area (Å²) in [5.74, 6) is 1.68. The largest absolute Gasteiger partial charge is 0.376 e. The van der Waals surface area contributed by atoms with Crippen molar-refractivity contribution in [2.24, 2.45) is 0 Å². The molecule has 148 valence electrons. The Balaban J connectivity index is 1.64. The van der Waals surface area contributed by atoms with Gasteiger partial charge in [-0.05, 0) is 25.0 Å². The molecule has 1 unspecified atom stereocenters. The average Bonchev–Trinajstić information content (AvgIpc) is 3.34. The first-order valence-electron chi connectivity index (χ1n) is 9.49. The topological polar surface area (TPSA) is 83.0 Å². The zero-order valence-corrected chi connectivity index (χ0v) is 17.2. The molecule has 0 aliphatic carbocycles. The molecule has 8 heteroatoms. The highest BCUT2D eigenvalue weighted by Crippen LogP contribution is 2.25. The molecule has 1 fully saturated rings. The molecule has 7 nitrogen and oxygen atoms in total. The molecule has 1 aliphatic rings. The van der Waals surface area contributed by atoms with E-state index in [9.17, 15) is 4.79 Å². The molecule has 3 aromatic rings. The van der Waals surface area contributed by atoms with Crippen LogP contribution in [0, 0.1) is 0 Å². The summed E-state index contributed by atoms with van der Waals surface area (Å²) in [5.41, 5.74) is 0.466. The van der Waals surface area contributed by atoms with Gasteiger partial charge in [0.1, 0.15) is 0 Å². The number of nitrogens with zero attached hydrogens (tertiary/aromatic N) is 4. The smallest absolute Gasteiger partial charge is 0.262 e. The lowest BCUT2D eigenvalue weighted by atomic mass is 9.97. The summed E-state index contributed by atoms with van der Waals surface area (Å²) < 4.78 is 12.8. The Kier molecular flexibility index (Phi) is 5.25. The maximum Gasteiger partial charge on any atom is 0.262 e. The Morgan fingerprint density at radius 1 is 1.25 bits per heavy atom. The molecule has 4 rings (SSSR count). The van der Waals surface area contributed by atoms with Gasteiger partial charge >= 0.3 is 0 Å². The number of para-hydroxylation sites is 1. The second kappa shape index (κ2) is 7.67. The summed E-state index contributed by atoms with van der Waals surface area (Å²) in [6, 6.07) is 7.44. The van der Waals surface area contributed by atoms with E-state index in [1.54, 1.807) is 4.57 Å². The van der Waals surface area contributed by atoms with Crippen LogP contribution in [0.25, 0.3) is 10.9 Å². The van der Waals surface area contributed by atoms with E-state index >= 15 is 0 Å². The highest BCUT2D eigenvalue weighted by Gasteiger charge is 2.23. The minimum absolute atomic E-state index is 0.0351. The van der Waals surface area contributed by atoms with Gasteiger partial charge in [-0.2, -0.15) is 4.98 Å². The molecule has 3 heterocycles. The lowest BCUT2D eigenvalue weighted by Gasteiger charge is -2.16. The van der Waals surface area contributed by atoms with E-state index in [0.717, 1.165) is 19.4 Å². The lowest BCUT2D eigenvalue weighted by molar-refractivity contribution is 0.0937. The average molecular weight is 401 g/mol. The van der Waals surface area contributed by atoms with Gasteiger partial charge in [0.2, 0.25) is 5.89 Å². The monoisotopic (exact) mass is 400 g/mol. The van der Waals surface area contributed by atoms with Crippen LogP contribution in [0.3, 0.4) is 0 Å². The van der Waals surface area contributed by atoms with Crippen molar-refractivity contribution in [1.29, 1.82) is 0 Å². The molecule has 1 atom stereocenters. The number of thioether (sulfide) groups is 1. The Hall–Kier alpha value is -2.19. The van der Waals surface area contributed by atoms with Crippen LogP contribution < -0.4 is 5.56 Å². The molecule has 1 aromatic carbocycles. The van der Waals surface area contributed by atoms with Crippen LogP contribution in [0.5, 0.6) is 0 Å². The summed E-state index contributed by atoms with van der Waals surface area (Å²) in [6.07, 6.45) is 2.04. The summed E-state index contributed by atoms with van der Waals surface area (Å²) >= 11 is 1.45. The van der Waals surface area contributed by atoms with E-state index in [1.165, 1.54) is 11.8 Å². The molecule has 0 radical (unpaired) electrons. The molecule has 0 bridgehead atoms. The minimum atomic E-state index is -0.195. The van der Waals surface area contributed by atoms with Crippen molar-refractivity contribution in [2.75, 3.05) is 6.61 Å². The molecule has 1 aliphatic heterocycles. The van der Waals surface area contributed by atoms with E-state index in [1.807, 2.05) is 45.0 Å². The van der Waals surface area contributed by atoms with Crippen LogP contribution in [0.2, 0.25) is 0 Å². The van der Waals surface area contributed by atoms with E-state index in [0.29, 0.717) is 40.1 Å². The molecule has 0 amide bonds. The van der Waals surface area contributed by atoms with E-state index in [4.69, 9.17) is 14.2 Å². The van der Waals surface area contributed by atoms with Gasteiger partial charge in [-0.1, -0.05) is 49.8 Å². The Labute approximate surface area is 167 Å². The number of rotatable bonds is 5. The van der Waals surface area contributed by atoms with Gasteiger partial charge in [0, 0.05) is 12.0 Å². The summed E-state index contributed by atoms with van der Waals surface area (Å²) in [6.45, 7) is 7.35. The van der Waals surface area contributed by atoms with Crippen LogP contribution >= 0.6 is 11.8 Å². The van der Waals surface area contributed by atoms with Crippen molar-refractivity contribution in [3.8, 4) is 0 Å². The Morgan fingerprint density at radius 3 is 2.79 bits per heavy atom. The van der Waals surface area contributed by atoms with Gasteiger partial charge < -0.3 is 9.26 Å². The quantitative estimate of drug-likeness (QED) is 0.478. The number of hydrogen-bond donors (Lipinski definition) is 0. The summed E-state index contributed by atoms with van der Waals surface area (Å²) in [5, 5.41) is 5.35. The molecule has 0 N–H and O–H groups in total. The summed E-state index contributed by atoms with van der Waals surface area (Å²) in [4.78, 5) is 22.3. The van der Waals surface area contributed by atoms with E-state index in [2.05, 4.69) is 10.1 Å². The van der Waals surface area contributed by atoms with Gasteiger partial charge in [0.05, 0.1) is 29.3 Å². The third kappa shape index (κ3) is 3.98. The number of hydrogen-bond acceptors (Lipinski definition) is 7. The van der Waals surface area contributed by atoms with Crippen molar-refractivity contribution < 1.29 is 9.26 Å². The van der Waals surface area contributed by atoms with Crippen LogP contribution in [-0.2, 0) is 22.4 Å². The molecular formula is C20H24N4O3S. The second-order valence-corrected chi connectivity index (χ2v) is 8.96. The highest BCUT2D eigenvalue weighted by molar-refractivity contribution is 7.98. The Morgan fingerprint density at radius 2 is 2.07 bits per heavy atom. The number of benzene rings is 1. The van der Waals surface area contributed by atoms with E-state index < -0.39 is 0 Å². The third-order valence-electron chi connectivity index (χ3n) is 4.68. The number of ether oxygens (including phenoxy) is 1. The standard InChI is InChI=1S/C20H24N4O3S/c1-20(2,3)18-22-16(23-27-18)12-28-19-21-15-9-5-4-8-14(15)17(25)24(19)11-13-7-6-10-26-13/h4-5,8-9,13H,6-7,10-12H2,1-3H3. The van der Waals surface area contributed by atoms with Crippen molar-refractivity contribution in [2.45, 2.75) is 62.6 Å². The number of fused-ring (bicyclic) bond motifs is 1. The SMILES string of the molecule is CC(C)(C)c1nc(CSc2nc3ccccc3c(=O)n2CC2CCCO2)no1. The predicted octanol–water partition coefficient (Wildman–Crippen LogP) is 3.55. The molecule has 1 saturated heterocycles. The molecule has 0 saturated carbocycles. The van der Waals surface area contributed by atoms with Crippen LogP contribution in [0.4, 0.5) is 0 Å². The third-order valence-corrected chi connectivity index (χ3v) is 5.65. The Bertz CT molecular complexity index is 1030. The van der Waals surface area contributed by atoms with Gasteiger partial charge in [-0.25, -0.2) is 4.98 Å². The maximum absolute atomic E-state index is 13.1. The van der Waals surface area contributed by atoms with Crippen molar-refractivity contribution >= 4 is 22.7 Å². The van der Waals surface area contributed by atoms with Gasteiger partial charge in [0.15, 0.2) is 11.0 Å². The zero-order chi connectivity index (χ0) is 19.7. The molecular weight excluding hydrogens is 376 g/mol. The normalized spacial score (nSPS) is 17.5. The fourth-order valence-corrected chi connectivity index (χ4v) is 4.01. The summed E-state index contributed by atoms with van der Waals surface area (Å²) in [7, 11) is 0. The highest BCUT2D eigenvalue weighted by atomic mass is 32.2. The second-order valence-electron chi connectivity index (χ2n) is 8.02. The fraction of sp³-hybridized carbons (Fsp3) is 0.500. The van der Waals surface area contributed by atoms with Crippen molar-refractivity contribution in [3.05, 3.63) is 46.3 Å². The first-order chi connectivity index (χ1) is 13.4. The van der Waals surface area contributed by atoms with Gasteiger partial charge in [0.25, 0.3) is 5.56 Å². The minimum Gasteiger partial charge on any atom is -0.376 e. The maximum atomic E-state index is 13.1. The van der Waals surface area contributed by atoms with E-state index in [-0.39, 0.29) is 17.1 Å². The zero-order valence-electron chi connectivity index (χ0n) is 16.3. The van der Waals surface area contributed by atoms with Gasteiger partial charge in [-0.3, -0.25) is 9.36 Å². The van der Waals surface area contributed by atoms with Crippen molar-refractivity contribution in [3.63, 3.8) is 0 Å². The van der Waals surface area contributed by atoms with Crippen LogP contribution in [-0.4, -0.2) is 32.4 Å². The number of aromatic nitrogens is 4. The van der Waals surface area contributed by atoms with Crippen LogP contribution in [0.15, 0.2) is 38.7 Å². The lowest BCUT2D eigenvalue weighted by Crippen LogP contribution is -2.28. The molecule has 28 heavy (non-hydrogen) atoms. The molecule has 0 spiro atoms. The first kappa shape index (κ1) is 19.1. The van der Waals surface area contributed by atoms with Crippen LogP contribution in [0.1, 0.15) is 45.3 Å². The first-order valence-corrected chi connectivity index (χ1v) is 10.5. The van der Waals surface area contributed by atoms with Crippen molar-refractivity contribution in [1.82, 2.24) is 19.7 Å².